The van der Waals surface area contributed by atoms with Crippen molar-refractivity contribution in [2.45, 2.75) is 18.3 Å². The van der Waals surface area contributed by atoms with Crippen molar-refractivity contribution in [2.75, 3.05) is 20.3 Å². The van der Waals surface area contributed by atoms with Gasteiger partial charge in [0.05, 0.1) is 26.4 Å². The molecule has 4 atom stereocenters. The fraction of sp³-hybridized carbons (Fsp3) is 0.875. The monoisotopic (exact) mass is 206 g/mol. The Morgan fingerprint density at radius 2 is 2.14 bits per heavy atom. The Kier molecular flexibility index (Phi) is 3.82. The van der Waals surface area contributed by atoms with Gasteiger partial charge in [-0.2, -0.15) is 0 Å². The highest BCUT2D eigenvalue weighted by atomic mass is 16.5. The van der Waals surface area contributed by atoms with Crippen molar-refractivity contribution < 1.29 is 29.6 Å². The Morgan fingerprint density at radius 1 is 1.50 bits per heavy atom. The molecule has 0 aliphatic carbocycles. The average molecular weight is 206 g/mol. The van der Waals surface area contributed by atoms with Crippen molar-refractivity contribution in [1.82, 2.24) is 0 Å². The van der Waals surface area contributed by atoms with E-state index in [0.717, 1.165) is 0 Å². The third-order valence-electron chi connectivity index (χ3n) is 2.32. The summed E-state index contributed by atoms with van der Waals surface area (Å²) in [6, 6.07) is 0. The Morgan fingerprint density at radius 3 is 2.64 bits per heavy atom. The van der Waals surface area contributed by atoms with Gasteiger partial charge in [-0.15, -0.1) is 0 Å². The van der Waals surface area contributed by atoms with Crippen LogP contribution in [-0.2, 0) is 14.3 Å². The van der Waals surface area contributed by atoms with Crippen molar-refractivity contribution in [3.8, 4) is 0 Å². The summed E-state index contributed by atoms with van der Waals surface area (Å²) < 4.78 is 9.41. The van der Waals surface area contributed by atoms with Crippen molar-refractivity contribution in [2.24, 2.45) is 5.92 Å². The van der Waals surface area contributed by atoms with Crippen molar-refractivity contribution >= 4 is 5.97 Å². The molecule has 1 aliphatic heterocycles. The first-order valence-corrected chi connectivity index (χ1v) is 4.28. The number of carbonyl (C=O) groups is 1. The molecule has 0 amide bonds. The molecule has 1 unspecified atom stereocenters. The molecule has 6 nitrogen and oxygen atoms in total. The minimum atomic E-state index is -1.27. The highest BCUT2D eigenvalue weighted by molar-refractivity contribution is 5.73. The number of methoxy groups -OCH3 is 1. The molecule has 1 aliphatic rings. The third kappa shape index (κ3) is 2.03. The minimum absolute atomic E-state index is 0.0594. The molecular formula is C8H14O6. The van der Waals surface area contributed by atoms with E-state index >= 15 is 0 Å². The van der Waals surface area contributed by atoms with Gasteiger partial charge in [0.1, 0.15) is 18.1 Å². The van der Waals surface area contributed by atoms with E-state index in [2.05, 4.69) is 4.74 Å². The van der Waals surface area contributed by atoms with Crippen LogP contribution in [0.5, 0.6) is 0 Å². The van der Waals surface area contributed by atoms with E-state index in [-0.39, 0.29) is 6.61 Å². The second kappa shape index (κ2) is 4.70. The van der Waals surface area contributed by atoms with Crippen molar-refractivity contribution in [3.63, 3.8) is 0 Å². The van der Waals surface area contributed by atoms with E-state index in [9.17, 15) is 15.0 Å². The van der Waals surface area contributed by atoms with Crippen LogP contribution in [0.15, 0.2) is 0 Å². The molecule has 1 rings (SSSR count). The normalized spacial score (nSPS) is 38.0. The third-order valence-corrected chi connectivity index (χ3v) is 2.32. The molecule has 14 heavy (non-hydrogen) atoms. The largest absolute Gasteiger partial charge is 0.469 e. The summed E-state index contributed by atoms with van der Waals surface area (Å²) in [6.45, 7) is -0.456. The maximum atomic E-state index is 11.1. The average Bonchev–Trinajstić information content (AvgIpc) is 2.21. The topological polar surface area (TPSA) is 96.2 Å². The zero-order valence-electron chi connectivity index (χ0n) is 7.79. The lowest BCUT2D eigenvalue weighted by molar-refractivity contribution is -0.192. The van der Waals surface area contributed by atoms with E-state index in [0.29, 0.717) is 0 Å². The van der Waals surface area contributed by atoms with Crippen LogP contribution in [-0.4, -0.2) is 59.9 Å². The Bertz CT molecular complexity index is 206. The molecule has 1 heterocycles. The summed E-state index contributed by atoms with van der Waals surface area (Å²) >= 11 is 0. The molecule has 0 radical (unpaired) electrons. The molecule has 0 aromatic rings. The van der Waals surface area contributed by atoms with E-state index < -0.39 is 36.8 Å². The highest BCUT2D eigenvalue weighted by Gasteiger charge is 2.42. The van der Waals surface area contributed by atoms with Crippen LogP contribution in [0.3, 0.4) is 0 Å². The summed E-state index contributed by atoms with van der Waals surface area (Å²) in [6.07, 6.45) is -3.36. The van der Waals surface area contributed by atoms with E-state index in [1.165, 1.54) is 7.11 Å². The number of carbonyl (C=O) groups excluding carboxylic acids is 1. The molecule has 0 saturated carbocycles. The lowest BCUT2D eigenvalue weighted by atomic mass is 9.92. The summed E-state index contributed by atoms with van der Waals surface area (Å²) in [5.74, 6) is -1.52. The van der Waals surface area contributed by atoms with Gasteiger partial charge in [0.25, 0.3) is 0 Å². The van der Waals surface area contributed by atoms with Crippen LogP contribution in [0.2, 0.25) is 0 Å². The maximum Gasteiger partial charge on any atom is 0.313 e. The van der Waals surface area contributed by atoms with E-state index in [1.807, 2.05) is 0 Å². The molecule has 3 N–H and O–H groups in total. The predicted octanol–water partition coefficient (Wildman–Crippen LogP) is -2.11. The molecule has 0 spiro atoms. The SMILES string of the molecule is COC(=O)[C@@H]1CO[C@H](CO)[C@H](O)C1O. The zero-order chi connectivity index (χ0) is 10.7. The van der Waals surface area contributed by atoms with Gasteiger partial charge in [0.2, 0.25) is 0 Å². The highest BCUT2D eigenvalue weighted by Crippen LogP contribution is 2.21. The molecule has 82 valence electrons. The predicted molar refractivity (Wildman–Crippen MR) is 44.3 cm³/mol. The minimum Gasteiger partial charge on any atom is -0.469 e. The van der Waals surface area contributed by atoms with Gasteiger partial charge < -0.3 is 24.8 Å². The van der Waals surface area contributed by atoms with Gasteiger partial charge in [-0.1, -0.05) is 0 Å². The molecule has 0 aromatic carbocycles. The number of aliphatic hydroxyl groups excluding tert-OH is 3. The molecule has 1 saturated heterocycles. The molecule has 1 fully saturated rings. The second-order valence-corrected chi connectivity index (χ2v) is 3.17. The van der Waals surface area contributed by atoms with Crippen LogP contribution in [0, 0.1) is 5.92 Å². The number of rotatable bonds is 2. The van der Waals surface area contributed by atoms with Gasteiger partial charge in [0, 0.05) is 0 Å². The van der Waals surface area contributed by atoms with Gasteiger partial charge in [-0.3, -0.25) is 4.79 Å². The fourth-order valence-corrected chi connectivity index (χ4v) is 1.40. The molecule has 0 aromatic heterocycles. The molecule has 0 bridgehead atoms. The van der Waals surface area contributed by atoms with Crippen LogP contribution in [0.4, 0.5) is 0 Å². The fourth-order valence-electron chi connectivity index (χ4n) is 1.40. The van der Waals surface area contributed by atoms with Crippen LogP contribution in [0.1, 0.15) is 0 Å². The first-order valence-electron chi connectivity index (χ1n) is 4.28. The zero-order valence-corrected chi connectivity index (χ0v) is 7.79. The van der Waals surface area contributed by atoms with Gasteiger partial charge in [-0.25, -0.2) is 0 Å². The number of esters is 1. The van der Waals surface area contributed by atoms with Crippen molar-refractivity contribution in [1.29, 1.82) is 0 Å². The first-order chi connectivity index (χ1) is 6.61. The summed E-state index contributed by atoms with van der Waals surface area (Å²) in [5.41, 5.74) is 0. The smallest absolute Gasteiger partial charge is 0.313 e. The van der Waals surface area contributed by atoms with Crippen molar-refractivity contribution in [3.05, 3.63) is 0 Å². The number of aliphatic hydroxyl groups is 3. The summed E-state index contributed by atoms with van der Waals surface area (Å²) in [5, 5.41) is 27.7. The van der Waals surface area contributed by atoms with Gasteiger partial charge >= 0.3 is 5.97 Å². The Balaban J connectivity index is 2.63. The maximum absolute atomic E-state index is 11.1. The first kappa shape index (κ1) is 11.4. The lowest BCUT2D eigenvalue weighted by Crippen LogP contribution is -2.53. The van der Waals surface area contributed by atoms with E-state index in [4.69, 9.17) is 9.84 Å². The number of hydrogen-bond donors (Lipinski definition) is 3. The number of ether oxygens (including phenoxy) is 2. The van der Waals surface area contributed by atoms with Crippen LogP contribution in [0.25, 0.3) is 0 Å². The Hall–Kier alpha value is -0.690. The summed E-state index contributed by atoms with van der Waals surface area (Å²) in [4.78, 5) is 11.1. The quantitative estimate of drug-likeness (QED) is 0.447. The number of hydrogen-bond acceptors (Lipinski definition) is 6. The van der Waals surface area contributed by atoms with Crippen LogP contribution < -0.4 is 0 Å². The van der Waals surface area contributed by atoms with Gasteiger partial charge in [-0.05, 0) is 0 Å². The molecular weight excluding hydrogens is 192 g/mol. The standard InChI is InChI=1S/C8H14O6/c1-13-8(12)4-3-14-5(2-9)7(11)6(4)10/h4-7,9-11H,2-3H2,1H3/t4-,5-,6?,7+/m1/s1. The van der Waals surface area contributed by atoms with Crippen LogP contribution >= 0.6 is 0 Å². The molecule has 6 heteroatoms. The van der Waals surface area contributed by atoms with Gasteiger partial charge in [0.15, 0.2) is 0 Å². The lowest BCUT2D eigenvalue weighted by Gasteiger charge is -2.35. The Labute approximate surface area is 81.1 Å². The second-order valence-electron chi connectivity index (χ2n) is 3.17. The summed E-state index contributed by atoms with van der Waals surface area (Å²) in [7, 11) is 1.19. The van der Waals surface area contributed by atoms with E-state index in [1.54, 1.807) is 0 Å².